The number of aromatic nitrogens is 2. The van der Waals surface area contributed by atoms with Crippen LogP contribution in [0.4, 0.5) is 10.1 Å². The monoisotopic (exact) mass is 470 g/mol. The van der Waals surface area contributed by atoms with Gasteiger partial charge in [-0.2, -0.15) is 5.26 Å². The number of halogens is 1. The number of carbonyl (C=O) groups is 1. The highest BCUT2D eigenvalue weighted by atomic mass is 19.1. The molecule has 0 bridgehead atoms. The minimum atomic E-state index is -0.437. The number of hydrogen-bond donors (Lipinski definition) is 2. The number of hydrogen-bond acceptors (Lipinski definition) is 5. The van der Waals surface area contributed by atoms with E-state index >= 15 is 0 Å². The molecule has 0 saturated carbocycles. The molecule has 0 fully saturated rings. The summed E-state index contributed by atoms with van der Waals surface area (Å²) in [4.78, 5) is 20.0. The Bertz CT molecular complexity index is 1420. The van der Waals surface area contributed by atoms with E-state index in [0.717, 1.165) is 16.6 Å². The maximum absolute atomic E-state index is 13.5. The Kier molecular flexibility index (Phi) is 7.07. The van der Waals surface area contributed by atoms with Gasteiger partial charge in [-0.1, -0.05) is 24.3 Å². The summed E-state index contributed by atoms with van der Waals surface area (Å²) in [5.74, 6) is 0.404. The van der Waals surface area contributed by atoms with Crippen molar-refractivity contribution in [1.82, 2.24) is 9.97 Å². The van der Waals surface area contributed by atoms with Crippen molar-refractivity contribution in [2.24, 2.45) is 0 Å². The van der Waals surface area contributed by atoms with Crippen molar-refractivity contribution in [3.8, 4) is 17.6 Å². The second-order valence-electron chi connectivity index (χ2n) is 7.71. The summed E-state index contributed by atoms with van der Waals surface area (Å²) in [6.07, 6.45) is 1.70. The topological polar surface area (TPSA) is 100 Å². The summed E-state index contributed by atoms with van der Waals surface area (Å²) in [6.45, 7) is 3.71. The molecule has 0 spiro atoms. The number of rotatable bonds is 8. The third-order valence-electron chi connectivity index (χ3n) is 5.18. The van der Waals surface area contributed by atoms with E-state index in [1.165, 1.54) is 12.1 Å². The van der Waals surface area contributed by atoms with Gasteiger partial charge in [0.2, 0.25) is 0 Å². The van der Waals surface area contributed by atoms with Gasteiger partial charge >= 0.3 is 0 Å². The number of anilines is 1. The Morgan fingerprint density at radius 2 is 1.97 bits per heavy atom. The van der Waals surface area contributed by atoms with Gasteiger partial charge in [-0.05, 0) is 67.4 Å². The third kappa shape index (κ3) is 5.65. The number of nitrogens with zero attached hydrogens (tertiary/aromatic N) is 2. The first-order valence-corrected chi connectivity index (χ1v) is 11.0. The zero-order chi connectivity index (χ0) is 24.8. The summed E-state index contributed by atoms with van der Waals surface area (Å²) in [6, 6.07) is 19.1. The van der Waals surface area contributed by atoms with E-state index in [9.17, 15) is 14.4 Å². The number of amides is 1. The molecule has 35 heavy (non-hydrogen) atoms. The molecule has 4 aromatic rings. The van der Waals surface area contributed by atoms with Crippen molar-refractivity contribution in [1.29, 1.82) is 5.26 Å². The molecular formula is C27H23FN4O3. The lowest BCUT2D eigenvalue weighted by Gasteiger charge is -2.13. The average Bonchev–Trinajstić information content (AvgIpc) is 3.28. The number of imidazole rings is 1. The minimum absolute atomic E-state index is 0.284. The van der Waals surface area contributed by atoms with Crippen molar-refractivity contribution < 1.29 is 18.7 Å². The molecule has 3 aromatic carbocycles. The van der Waals surface area contributed by atoms with Crippen LogP contribution in [-0.4, -0.2) is 29.1 Å². The number of H-pyrrole nitrogens is 1. The first kappa shape index (κ1) is 23.5. The van der Waals surface area contributed by atoms with E-state index in [0.29, 0.717) is 40.8 Å². The van der Waals surface area contributed by atoms with Gasteiger partial charge in [0, 0.05) is 5.69 Å². The van der Waals surface area contributed by atoms with Gasteiger partial charge in [0.1, 0.15) is 17.7 Å². The minimum Gasteiger partial charge on any atom is -0.490 e. The van der Waals surface area contributed by atoms with Crippen molar-refractivity contribution in [3.05, 3.63) is 83.4 Å². The standard InChI is InChI=1S/C27H23FN4O3/c1-3-34-25-13-18(12-19(15-29)27-31-21-6-4-5-7-22(21)32-27)9-11-24(25)35-16-26(33)30-23-14-20(28)10-8-17(23)2/h4-14H,3,16H2,1-2H3,(H,30,33)(H,31,32). The molecule has 1 heterocycles. The fraction of sp³-hybridized carbons (Fsp3) is 0.148. The molecule has 0 aliphatic rings. The smallest absolute Gasteiger partial charge is 0.262 e. The molecule has 1 aromatic heterocycles. The van der Waals surface area contributed by atoms with Crippen LogP contribution in [0.15, 0.2) is 60.7 Å². The quantitative estimate of drug-likeness (QED) is 0.332. The first-order chi connectivity index (χ1) is 17.0. The third-order valence-corrected chi connectivity index (χ3v) is 5.18. The van der Waals surface area contributed by atoms with Crippen molar-refractivity contribution in [2.45, 2.75) is 13.8 Å². The lowest BCUT2D eigenvalue weighted by Crippen LogP contribution is -2.21. The van der Waals surface area contributed by atoms with E-state index in [4.69, 9.17) is 9.47 Å². The highest BCUT2D eigenvalue weighted by molar-refractivity contribution is 5.93. The molecule has 8 heteroatoms. The largest absolute Gasteiger partial charge is 0.490 e. The van der Waals surface area contributed by atoms with Crippen LogP contribution in [0, 0.1) is 24.1 Å². The molecule has 0 saturated heterocycles. The van der Waals surface area contributed by atoms with E-state index in [2.05, 4.69) is 21.4 Å². The maximum atomic E-state index is 13.5. The number of aromatic amines is 1. The van der Waals surface area contributed by atoms with E-state index < -0.39 is 11.7 Å². The van der Waals surface area contributed by atoms with Gasteiger partial charge in [-0.15, -0.1) is 0 Å². The summed E-state index contributed by atoms with van der Waals surface area (Å²) in [5, 5.41) is 12.3. The van der Waals surface area contributed by atoms with Gasteiger partial charge in [0.25, 0.3) is 5.91 Å². The van der Waals surface area contributed by atoms with Crippen LogP contribution in [-0.2, 0) is 4.79 Å². The molecule has 0 radical (unpaired) electrons. The second-order valence-corrected chi connectivity index (χ2v) is 7.71. The Morgan fingerprint density at radius 3 is 2.74 bits per heavy atom. The SMILES string of the molecule is CCOc1cc(C=C(C#N)c2nc3ccccc3[nH]2)ccc1OCC(=O)Nc1cc(F)ccc1C. The van der Waals surface area contributed by atoms with Gasteiger partial charge in [-0.25, -0.2) is 9.37 Å². The highest BCUT2D eigenvalue weighted by Gasteiger charge is 2.12. The molecule has 0 unspecified atom stereocenters. The molecule has 0 atom stereocenters. The number of allylic oxidation sites excluding steroid dienone is 1. The molecule has 4 rings (SSSR count). The number of nitrogens with one attached hydrogen (secondary N) is 2. The van der Waals surface area contributed by atoms with Gasteiger partial charge in [0.05, 0.1) is 23.2 Å². The van der Waals surface area contributed by atoms with Crippen LogP contribution < -0.4 is 14.8 Å². The average molecular weight is 471 g/mol. The Balaban J connectivity index is 1.51. The molecule has 176 valence electrons. The van der Waals surface area contributed by atoms with E-state index in [1.807, 2.05) is 31.2 Å². The number of aryl methyl sites for hydroxylation is 1. The van der Waals surface area contributed by atoms with Gasteiger partial charge in [0.15, 0.2) is 18.1 Å². The lowest BCUT2D eigenvalue weighted by molar-refractivity contribution is -0.118. The van der Waals surface area contributed by atoms with Gasteiger partial charge < -0.3 is 19.8 Å². The Labute approximate surface area is 201 Å². The number of ether oxygens (including phenoxy) is 2. The summed E-state index contributed by atoms with van der Waals surface area (Å²) in [7, 11) is 0. The molecule has 1 amide bonds. The lowest BCUT2D eigenvalue weighted by atomic mass is 10.1. The van der Waals surface area contributed by atoms with Crippen LogP contribution in [0.5, 0.6) is 11.5 Å². The summed E-state index contributed by atoms with van der Waals surface area (Å²) < 4.78 is 24.8. The zero-order valence-electron chi connectivity index (χ0n) is 19.3. The Hall–Kier alpha value is -4.64. The van der Waals surface area contributed by atoms with Gasteiger partial charge in [-0.3, -0.25) is 4.79 Å². The number of benzene rings is 3. The van der Waals surface area contributed by atoms with Crippen LogP contribution in [0.25, 0.3) is 22.7 Å². The van der Waals surface area contributed by atoms with Crippen molar-refractivity contribution in [3.63, 3.8) is 0 Å². The predicted octanol–water partition coefficient (Wildman–Crippen LogP) is 5.49. The predicted molar refractivity (Wildman–Crippen MR) is 132 cm³/mol. The zero-order valence-corrected chi connectivity index (χ0v) is 19.3. The molecule has 2 N–H and O–H groups in total. The van der Waals surface area contributed by atoms with Crippen LogP contribution in [0.3, 0.4) is 0 Å². The highest BCUT2D eigenvalue weighted by Crippen LogP contribution is 2.30. The fourth-order valence-electron chi connectivity index (χ4n) is 3.46. The summed E-state index contributed by atoms with van der Waals surface area (Å²) >= 11 is 0. The molecule has 0 aliphatic heterocycles. The Morgan fingerprint density at radius 1 is 1.14 bits per heavy atom. The van der Waals surface area contributed by atoms with E-state index in [1.54, 1.807) is 37.3 Å². The van der Waals surface area contributed by atoms with E-state index in [-0.39, 0.29) is 6.61 Å². The van der Waals surface area contributed by atoms with Crippen LogP contribution >= 0.6 is 0 Å². The van der Waals surface area contributed by atoms with Crippen molar-refractivity contribution in [2.75, 3.05) is 18.5 Å². The number of carbonyl (C=O) groups excluding carboxylic acids is 1. The molecule has 7 nitrogen and oxygen atoms in total. The second kappa shape index (κ2) is 10.5. The van der Waals surface area contributed by atoms with Crippen LogP contribution in [0.2, 0.25) is 0 Å². The molecular weight excluding hydrogens is 447 g/mol. The maximum Gasteiger partial charge on any atom is 0.262 e. The van der Waals surface area contributed by atoms with Crippen molar-refractivity contribution >= 4 is 34.3 Å². The normalized spacial score (nSPS) is 11.2. The number of fused-ring (bicyclic) bond motifs is 1. The molecule has 0 aliphatic carbocycles. The van der Waals surface area contributed by atoms with Crippen LogP contribution in [0.1, 0.15) is 23.9 Å². The fourth-order valence-corrected chi connectivity index (χ4v) is 3.46. The number of para-hydroxylation sites is 2. The first-order valence-electron chi connectivity index (χ1n) is 11.0. The number of nitriles is 1. The summed E-state index contributed by atoms with van der Waals surface area (Å²) in [5.41, 5.74) is 3.81.